The largest absolute Gasteiger partial charge is 0.481 e. The topological polar surface area (TPSA) is 204 Å². The average molecular weight is 401 g/mol. The van der Waals surface area contributed by atoms with E-state index in [1.54, 1.807) is 0 Å². The van der Waals surface area contributed by atoms with Gasteiger partial charge in [0.15, 0.2) is 5.78 Å². The number of carbonyl (C=O) groups is 6. The highest BCUT2D eigenvalue weighted by molar-refractivity contribution is 5.98. The SMILES string of the molecule is C[C@H](N)C(=O)N[C@@H](CC(=O)O)C(=O)[C@H]1CC(=O)N([C@@H](CCC(=O)O)C(=O)O)C1. The Kier molecular flexibility index (Phi) is 8.04. The summed E-state index contributed by atoms with van der Waals surface area (Å²) in [6.07, 6.45) is -1.90. The van der Waals surface area contributed by atoms with Gasteiger partial charge in [-0.25, -0.2) is 4.79 Å². The number of rotatable bonds is 11. The number of Topliss-reactive ketones (excluding diaryl/α,β-unsaturated/α-hetero) is 1. The van der Waals surface area contributed by atoms with Gasteiger partial charge in [0.25, 0.3) is 0 Å². The van der Waals surface area contributed by atoms with Crippen LogP contribution in [0.25, 0.3) is 0 Å². The number of likely N-dealkylation sites (tertiary alicyclic amines) is 1. The zero-order valence-corrected chi connectivity index (χ0v) is 15.2. The van der Waals surface area contributed by atoms with Crippen LogP contribution in [-0.4, -0.2) is 80.4 Å². The summed E-state index contributed by atoms with van der Waals surface area (Å²) in [4.78, 5) is 70.6. The van der Waals surface area contributed by atoms with Crippen LogP contribution in [0.4, 0.5) is 0 Å². The van der Waals surface area contributed by atoms with Crippen molar-refractivity contribution < 1.29 is 44.1 Å². The lowest BCUT2D eigenvalue weighted by atomic mass is 9.94. The van der Waals surface area contributed by atoms with Crippen LogP contribution in [0.5, 0.6) is 0 Å². The molecule has 0 unspecified atom stereocenters. The smallest absolute Gasteiger partial charge is 0.326 e. The maximum Gasteiger partial charge on any atom is 0.326 e. The molecule has 0 aliphatic carbocycles. The summed E-state index contributed by atoms with van der Waals surface area (Å²) in [5.41, 5.74) is 5.40. The molecule has 2 amide bonds. The number of carboxylic acids is 3. The molecule has 0 spiro atoms. The molecule has 0 radical (unpaired) electrons. The van der Waals surface area contributed by atoms with Crippen LogP contribution in [0.3, 0.4) is 0 Å². The first-order chi connectivity index (χ1) is 12.9. The Morgan fingerprint density at radius 1 is 1.18 bits per heavy atom. The zero-order chi connectivity index (χ0) is 21.6. The van der Waals surface area contributed by atoms with E-state index < -0.39 is 72.4 Å². The molecule has 1 aliphatic heterocycles. The van der Waals surface area contributed by atoms with Crippen molar-refractivity contribution >= 4 is 35.5 Å². The lowest BCUT2D eigenvalue weighted by Gasteiger charge is -2.25. The van der Waals surface area contributed by atoms with Gasteiger partial charge in [0.1, 0.15) is 6.04 Å². The molecule has 1 saturated heterocycles. The van der Waals surface area contributed by atoms with Gasteiger partial charge in [-0.2, -0.15) is 0 Å². The lowest BCUT2D eigenvalue weighted by molar-refractivity contribution is -0.149. The lowest BCUT2D eigenvalue weighted by Crippen LogP contribution is -2.50. The number of amides is 2. The van der Waals surface area contributed by atoms with Gasteiger partial charge in [0, 0.05) is 25.3 Å². The second-order valence-electron chi connectivity index (χ2n) is 6.58. The highest BCUT2D eigenvalue weighted by Gasteiger charge is 2.42. The van der Waals surface area contributed by atoms with Crippen LogP contribution in [0.15, 0.2) is 0 Å². The molecule has 1 fully saturated rings. The summed E-state index contributed by atoms with van der Waals surface area (Å²) in [5.74, 6) is -7.16. The van der Waals surface area contributed by atoms with Gasteiger partial charge in [-0.15, -0.1) is 0 Å². The highest BCUT2D eigenvalue weighted by Crippen LogP contribution is 2.25. The van der Waals surface area contributed by atoms with E-state index in [1.807, 2.05) is 0 Å². The molecule has 28 heavy (non-hydrogen) atoms. The molecular formula is C16H23N3O9. The van der Waals surface area contributed by atoms with Crippen LogP contribution < -0.4 is 11.1 Å². The van der Waals surface area contributed by atoms with Crippen LogP contribution >= 0.6 is 0 Å². The van der Waals surface area contributed by atoms with Crippen molar-refractivity contribution in [2.45, 2.75) is 50.7 Å². The minimum atomic E-state index is -1.42. The van der Waals surface area contributed by atoms with Gasteiger partial charge in [-0.1, -0.05) is 0 Å². The van der Waals surface area contributed by atoms with E-state index in [1.165, 1.54) is 6.92 Å². The molecule has 1 rings (SSSR count). The van der Waals surface area contributed by atoms with Crippen LogP contribution in [0, 0.1) is 5.92 Å². The van der Waals surface area contributed by atoms with Crippen molar-refractivity contribution in [3.63, 3.8) is 0 Å². The third kappa shape index (κ3) is 6.30. The molecular weight excluding hydrogens is 378 g/mol. The predicted octanol–water partition coefficient (Wildman–Crippen LogP) is -1.97. The number of carboxylic acid groups (broad SMARTS) is 3. The highest BCUT2D eigenvalue weighted by atomic mass is 16.4. The standard InChI is InChI=1S/C16H23N3O9/c1-7(17)15(26)18-9(5-13(23)24)14(25)8-4-11(20)19(6-8)10(16(27)28)2-3-12(21)22/h7-10H,2-6,17H2,1H3,(H,18,26)(H,21,22)(H,23,24)(H,27,28)/t7-,8-,9-,10-/m0/s1. The van der Waals surface area contributed by atoms with E-state index >= 15 is 0 Å². The molecule has 1 heterocycles. The van der Waals surface area contributed by atoms with Crippen LogP contribution in [-0.2, 0) is 28.8 Å². The monoisotopic (exact) mass is 401 g/mol. The molecule has 0 bridgehead atoms. The van der Waals surface area contributed by atoms with Crippen molar-refractivity contribution in [2.24, 2.45) is 11.7 Å². The van der Waals surface area contributed by atoms with Gasteiger partial charge >= 0.3 is 17.9 Å². The fourth-order valence-corrected chi connectivity index (χ4v) is 2.88. The van der Waals surface area contributed by atoms with Gasteiger partial charge in [-0.3, -0.25) is 24.0 Å². The molecule has 0 aromatic carbocycles. The van der Waals surface area contributed by atoms with E-state index in [0.717, 1.165) is 4.90 Å². The van der Waals surface area contributed by atoms with Gasteiger partial charge < -0.3 is 31.3 Å². The number of nitrogens with one attached hydrogen (secondary N) is 1. The Bertz CT molecular complexity index is 676. The van der Waals surface area contributed by atoms with Gasteiger partial charge in [0.2, 0.25) is 11.8 Å². The minimum Gasteiger partial charge on any atom is -0.481 e. The third-order valence-electron chi connectivity index (χ3n) is 4.31. The summed E-state index contributed by atoms with van der Waals surface area (Å²) in [6, 6.07) is -3.83. The Labute approximate surface area is 159 Å². The molecule has 0 saturated carbocycles. The summed E-state index contributed by atoms with van der Waals surface area (Å²) >= 11 is 0. The number of nitrogens with two attached hydrogens (primary N) is 1. The summed E-state index contributed by atoms with van der Waals surface area (Å²) in [5, 5.41) is 29.2. The Morgan fingerprint density at radius 3 is 2.25 bits per heavy atom. The summed E-state index contributed by atoms with van der Waals surface area (Å²) < 4.78 is 0. The zero-order valence-electron chi connectivity index (χ0n) is 15.2. The van der Waals surface area contributed by atoms with Gasteiger partial charge in [-0.05, 0) is 13.3 Å². The Morgan fingerprint density at radius 2 is 1.79 bits per heavy atom. The molecule has 1 aliphatic rings. The number of hydrogen-bond acceptors (Lipinski definition) is 7. The number of hydrogen-bond donors (Lipinski definition) is 5. The first kappa shape index (κ1) is 23.0. The average Bonchev–Trinajstić information content (AvgIpc) is 2.94. The quantitative estimate of drug-likeness (QED) is 0.258. The third-order valence-corrected chi connectivity index (χ3v) is 4.31. The molecule has 156 valence electrons. The molecule has 12 nitrogen and oxygen atoms in total. The summed E-state index contributed by atoms with van der Waals surface area (Å²) in [7, 11) is 0. The first-order valence-corrected chi connectivity index (χ1v) is 8.49. The number of aliphatic carboxylic acids is 3. The second-order valence-corrected chi connectivity index (χ2v) is 6.58. The van der Waals surface area contributed by atoms with Crippen molar-refractivity contribution in [1.82, 2.24) is 10.2 Å². The van der Waals surface area contributed by atoms with Gasteiger partial charge in [0.05, 0.1) is 18.5 Å². The normalized spacial score (nSPS) is 19.6. The van der Waals surface area contributed by atoms with Crippen molar-refractivity contribution in [3.05, 3.63) is 0 Å². The van der Waals surface area contributed by atoms with Crippen molar-refractivity contribution in [1.29, 1.82) is 0 Å². The molecule has 4 atom stereocenters. The molecule has 0 aromatic heterocycles. The van der Waals surface area contributed by atoms with Crippen molar-refractivity contribution in [2.75, 3.05) is 6.54 Å². The molecule has 0 aromatic rings. The molecule has 12 heteroatoms. The number of carbonyl (C=O) groups excluding carboxylic acids is 3. The van der Waals surface area contributed by atoms with E-state index in [4.69, 9.17) is 15.9 Å². The van der Waals surface area contributed by atoms with Crippen molar-refractivity contribution in [3.8, 4) is 0 Å². The predicted molar refractivity (Wildman–Crippen MR) is 91.0 cm³/mol. The maximum absolute atomic E-state index is 12.6. The Hall–Kier alpha value is -3.02. The molecule has 6 N–H and O–H groups in total. The number of ketones is 1. The second kappa shape index (κ2) is 9.78. The first-order valence-electron chi connectivity index (χ1n) is 8.49. The van der Waals surface area contributed by atoms with E-state index in [9.17, 15) is 33.9 Å². The van der Waals surface area contributed by atoms with E-state index in [2.05, 4.69) is 5.32 Å². The number of nitrogens with zero attached hydrogens (tertiary/aromatic N) is 1. The Balaban J connectivity index is 2.93. The summed E-state index contributed by atoms with van der Waals surface area (Å²) in [6.45, 7) is 1.04. The van der Waals surface area contributed by atoms with E-state index in [-0.39, 0.29) is 19.4 Å². The maximum atomic E-state index is 12.6. The van der Waals surface area contributed by atoms with Crippen LogP contribution in [0.1, 0.15) is 32.6 Å². The van der Waals surface area contributed by atoms with Crippen LogP contribution in [0.2, 0.25) is 0 Å². The fraction of sp³-hybridized carbons (Fsp3) is 0.625. The van der Waals surface area contributed by atoms with E-state index in [0.29, 0.717) is 0 Å². The fourth-order valence-electron chi connectivity index (χ4n) is 2.88. The minimum absolute atomic E-state index is 0.307.